The van der Waals surface area contributed by atoms with Crippen molar-refractivity contribution in [3.8, 4) is 0 Å². The molecule has 2 unspecified atom stereocenters. The van der Waals surface area contributed by atoms with E-state index in [2.05, 4.69) is 29.0 Å². The highest BCUT2D eigenvalue weighted by Gasteiger charge is 2.24. The van der Waals surface area contributed by atoms with E-state index in [1.165, 1.54) is 12.8 Å². The molecule has 0 aromatic heterocycles. The molecule has 0 saturated carbocycles. The van der Waals surface area contributed by atoms with Gasteiger partial charge in [-0.3, -0.25) is 9.69 Å². The Morgan fingerprint density at radius 3 is 3.00 bits per heavy atom. The molecule has 18 heavy (non-hydrogen) atoms. The van der Waals surface area contributed by atoms with Gasteiger partial charge in [0, 0.05) is 19.1 Å². The van der Waals surface area contributed by atoms with Crippen molar-refractivity contribution in [2.45, 2.75) is 45.2 Å². The third-order valence-corrected chi connectivity index (χ3v) is 3.48. The lowest BCUT2D eigenvalue weighted by atomic mass is 10.1. The predicted octanol–water partition coefficient (Wildman–Crippen LogP) is 1.14. The summed E-state index contributed by atoms with van der Waals surface area (Å²) in [6.07, 6.45) is 5.27. The van der Waals surface area contributed by atoms with Gasteiger partial charge in [0.15, 0.2) is 0 Å². The molecule has 0 aromatic rings. The molecule has 1 aliphatic heterocycles. The van der Waals surface area contributed by atoms with Crippen LogP contribution in [-0.4, -0.2) is 49.1 Å². The summed E-state index contributed by atoms with van der Waals surface area (Å²) in [5, 5.41) is 6.37. The van der Waals surface area contributed by atoms with Gasteiger partial charge < -0.3 is 10.6 Å². The molecule has 1 heterocycles. The Kier molecular flexibility index (Phi) is 6.98. The molecule has 2 atom stereocenters. The third kappa shape index (κ3) is 4.78. The SMILES string of the molecule is C=CCNC(=O)C(C)N(CCC)CC1CCCN1. The van der Waals surface area contributed by atoms with Gasteiger partial charge in [0.25, 0.3) is 0 Å². The van der Waals surface area contributed by atoms with Crippen LogP contribution in [0.5, 0.6) is 0 Å². The average molecular weight is 253 g/mol. The van der Waals surface area contributed by atoms with Crippen LogP contribution in [0.2, 0.25) is 0 Å². The van der Waals surface area contributed by atoms with Crippen LogP contribution in [-0.2, 0) is 4.79 Å². The van der Waals surface area contributed by atoms with Crippen molar-refractivity contribution in [3.05, 3.63) is 12.7 Å². The van der Waals surface area contributed by atoms with E-state index in [4.69, 9.17) is 0 Å². The van der Waals surface area contributed by atoms with Crippen LogP contribution in [0, 0.1) is 0 Å². The minimum atomic E-state index is -0.0627. The summed E-state index contributed by atoms with van der Waals surface area (Å²) in [5.74, 6) is 0.0985. The van der Waals surface area contributed by atoms with E-state index in [-0.39, 0.29) is 11.9 Å². The van der Waals surface area contributed by atoms with Crippen molar-refractivity contribution in [1.29, 1.82) is 0 Å². The number of carbonyl (C=O) groups excluding carboxylic acids is 1. The van der Waals surface area contributed by atoms with Crippen molar-refractivity contribution in [2.24, 2.45) is 0 Å². The van der Waals surface area contributed by atoms with Gasteiger partial charge in [-0.25, -0.2) is 0 Å². The molecule has 0 bridgehead atoms. The van der Waals surface area contributed by atoms with Crippen LogP contribution < -0.4 is 10.6 Å². The van der Waals surface area contributed by atoms with Crippen LogP contribution in [0.4, 0.5) is 0 Å². The lowest BCUT2D eigenvalue weighted by Crippen LogP contribution is -2.49. The number of hydrogen-bond acceptors (Lipinski definition) is 3. The van der Waals surface area contributed by atoms with Gasteiger partial charge in [-0.05, 0) is 39.3 Å². The zero-order chi connectivity index (χ0) is 13.4. The van der Waals surface area contributed by atoms with E-state index < -0.39 is 0 Å². The van der Waals surface area contributed by atoms with Crippen LogP contribution in [0.25, 0.3) is 0 Å². The first-order chi connectivity index (χ1) is 8.69. The second-order valence-electron chi connectivity index (χ2n) is 5.00. The van der Waals surface area contributed by atoms with Gasteiger partial charge in [-0.1, -0.05) is 13.0 Å². The Morgan fingerprint density at radius 1 is 1.67 bits per heavy atom. The lowest BCUT2D eigenvalue weighted by Gasteiger charge is -2.30. The molecular formula is C14H27N3O. The Bertz CT molecular complexity index is 262. The van der Waals surface area contributed by atoms with E-state index in [1.807, 2.05) is 6.92 Å². The first-order valence-electron chi connectivity index (χ1n) is 7.05. The molecule has 1 fully saturated rings. The summed E-state index contributed by atoms with van der Waals surface area (Å²) in [6.45, 7) is 11.4. The maximum atomic E-state index is 12.0. The Balaban J connectivity index is 2.47. The molecular weight excluding hydrogens is 226 g/mol. The molecule has 0 aromatic carbocycles. The number of hydrogen-bond donors (Lipinski definition) is 2. The highest BCUT2D eigenvalue weighted by Crippen LogP contribution is 2.10. The highest BCUT2D eigenvalue weighted by molar-refractivity contribution is 5.81. The third-order valence-electron chi connectivity index (χ3n) is 3.48. The summed E-state index contributed by atoms with van der Waals surface area (Å²) in [6, 6.07) is 0.485. The second-order valence-corrected chi connectivity index (χ2v) is 5.00. The summed E-state index contributed by atoms with van der Waals surface area (Å²) >= 11 is 0. The maximum absolute atomic E-state index is 12.0. The van der Waals surface area contributed by atoms with Gasteiger partial charge in [0.1, 0.15) is 0 Å². The Labute approximate surface area is 111 Å². The first-order valence-corrected chi connectivity index (χ1v) is 7.05. The summed E-state index contributed by atoms with van der Waals surface area (Å²) in [7, 11) is 0. The van der Waals surface area contributed by atoms with Crippen molar-refractivity contribution in [2.75, 3.05) is 26.2 Å². The van der Waals surface area contributed by atoms with Crippen molar-refractivity contribution >= 4 is 5.91 Å². The van der Waals surface area contributed by atoms with E-state index in [0.717, 1.165) is 26.1 Å². The standard InChI is InChI=1S/C14H27N3O/c1-4-8-16-14(18)12(3)17(10-5-2)11-13-7-6-9-15-13/h4,12-13,15H,1,5-11H2,2-3H3,(H,16,18). The van der Waals surface area contributed by atoms with Gasteiger partial charge in [0.2, 0.25) is 5.91 Å². The fourth-order valence-electron chi connectivity index (χ4n) is 2.41. The van der Waals surface area contributed by atoms with Crippen LogP contribution in [0.1, 0.15) is 33.1 Å². The number of nitrogens with one attached hydrogen (secondary N) is 2. The molecule has 2 N–H and O–H groups in total. The predicted molar refractivity (Wildman–Crippen MR) is 75.6 cm³/mol. The fourth-order valence-corrected chi connectivity index (χ4v) is 2.41. The molecule has 104 valence electrons. The average Bonchev–Trinajstić information content (AvgIpc) is 2.87. The Hall–Kier alpha value is -0.870. The van der Waals surface area contributed by atoms with Gasteiger partial charge in [-0.15, -0.1) is 6.58 Å². The first kappa shape index (κ1) is 15.2. The van der Waals surface area contributed by atoms with E-state index in [1.54, 1.807) is 6.08 Å². The van der Waals surface area contributed by atoms with Crippen molar-refractivity contribution < 1.29 is 4.79 Å². The molecule has 0 radical (unpaired) electrons. The molecule has 0 spiro atoms. The number of rotatable bonds is 8. The second kappa shape index (κ2) is 8.27. The molecule has 4 nitrogen and oxygen atoms in total. The summed E-state index contributed by atoms with van der Waals surface area (Å²) in [5.41, 5.74) is 0. The van der Waals surface area contributed by atoms with Crippen molar-refractivity contribution in [3.63, 3.8) is 0 Å². The molecule has 0 aliphatic carbocycles. The summed E-state index contributed by atoms with van der Waals surface area (Å²) in [4.78, 5) is 14.3. The minimum absolute atomic E-state index is 0.0627. The molecule has 1 amide bonds. The number of nitrogens with zero attached hydrogens (tertiary/aromatic N) is 1. The van der Waals surface area contributed by atoms with Crippen molar-refractivity contribution in [1.82, 2.24) is 15.5 Å². The Morgan fingerprint density at radius 2 is 2.44 bits per heavy atom. The smallest absolute Gasteiger partial charge is 0.237 e. The fraction of sp³-hybridized carbons (Fsp3) is 0.786. The van der Waals surface area contributed by atoms with Crippen LogP contribution in [0.15, 0.2) is 12.7 Å². The molecule has 1 rings (SSSR count). The molecule has 1 aliphatic rings. The zero-order valence-electron chi connectivity index (χ0n) is 11.7. The zero-order valence-corrected chi connectivity index (χ0v) is 11.7. The molecule has 1 saturated heterocycles. The van der Waals surface area contributed by atoms with Crippen LogP contribution >= 0.6 is 0 Å². The molecule has 4 heteroatoms. The minimum Gasteiger partial charge on any atom is -0.351 e. The topological polar surface area (TPSA) is 44.4 Å². The number of carbonyl (C=O) groups is 1. The van der Waals surface area contributed by atoms with E-state index in [9.17, 15) is 4.79 Å². The quantitative estimate of drug-likeness (QED) is 0.638. The maximum Gasteiger partial charge on any atom is 0.237 e. The van der Waals surface area contributed by atoms with Gasteiger partial charge in [-0.2, -0.15) is 0 Å². The normalized spacial score (nSPS) is 20.9. The number of amides is 1. The van der Waals surface area contributed by atoms with Gasteiger partial charge in [0.05, 0.1) is 6.04 Å². The van der Waals surface area contributed by atoms with E-state index >= 15 is 0 Å². The largest absolute Gasteiger partial charge is 0.351 e. The monoisotopic (exact) mass is 253 g/mol. The van der Waals surface area contributed by atoms with Crippen LogP contribution in [0.3, 0.4) is 0 Å². The van der Waals surface area contributed by atoms with E-state index in [0.29, 0.717) is 12.6 Å². The van der Waals surface area contributed by atoms with Gasteiger partial charge >= 0.3 is 0 Å². The highest BCUT2D eigenvalue weighted by atomic mass is 16.2. The lowest BCUT2D eigenvalue weighted by molar-refractivity contribution is -0.125. The summed E-state index contributed by atoms with van der Waals surface area (Å²) < 4.78 is 0.